The third kappa shape index (κ3) is 4.65. The zero-order valence-electron chi connectivity index (χ0n) is 18.9. The molecule has 34 heavy (non-hydrogen) atoms. The van der Waals surface area contributed by atoms with E-state index in [0.717, 1.165) is 51.2 Å². The monoisotopic (exact) mass is 486 g/mol. The van der Waals surface area contributed by atoms with Crippen molar-refractivity contribution in [2.45, 2.75) is 12.5 Å². The number of hydrogen-bond acceptors (Lipinski definition) is 5. The number of rotatable bonds is 4. The van der Waals surface area contributed by atoms with Crippen molar-refractivity contribution in [1.29, 1.82) is 0 Å². The third-order valence-electron chi connectivity index (χ3n) is 5.81. The standard InChI is InChI=1S/C27H23ClN4OS/c1-31(2)22-14-10-20(11-15-22)24-17-23(19-6-4-3-5-7-19)30-32(24)26-25(34-27(33)29-26)16-18-8-12-21(28)13-9-18/h3-16,24H,17H2,1-2H3/b25-16-. The molecule has 0 aromatic heterocycles. The van der Waals surface area contributed by atoms with Gasteiger partial charge in [0.05, 0.1) is 16.7 Å². The molecule has 1 amide bonds. The van der Waals surface area contributed by atoms with Gasteiger partial charge in [-0.1, -0.05) is 66.2 Å². The van der Waals surface area contributed by atoms with E-state index >= 15 is 0 Å². The van der Waals surface area contributed by atoms with Crippen LogP contribution in [0.3, 0.4) is 0 Å². The van der Waals surface area contributed by atoms with Crippen LogP contribution < -0.4 is 4.90 Å². The highest BCUT2D eigenvalue weighted by Crippen LogP contribution is 2.39. The summed E-state index contributed by atoms with van der Waals surface area (Å²) in [6.07, 6.45) is 2.68. The van der Waals surface area contributed by atoms with Gasteiger partial charge in [-0.3, -0.25) is 4.79 Å². The van der Waals surface area contributed by atoms with E-state index in [1.165, 1.54) is 0 Å². The molecule has 5 rings (SSSR count). The quantitative estimate of drug-likeness (QED) is 0.404. The number of halogens is 1. The molecule has 0 N–H and O–H groups in total. The van der Waals surface area contributed by atoms with Crippen LogP contribution in [-0.2, 0) is 0 Å². The highest BCUT2D eigenvalue weighted by molar-refractivity contribution is 8.18. The number of carbonyl (C=O) groups excluding carboxylic acids is 1. The van der Waals surface area contributed by atoms with Gasteiger partial charge >= 0.3 is 5.24 Å². The fourth-order valence-corrected chi connectivity index (χ4v) is 4.91. The van der Waals surface area contributed by atoms with E-state index in [2.05, 4.69) is 46.3 Å². The predicted octanol–water partition coefficient (Wildman–Crippen LogP) is 6.86. The molecular formula is C27H23ClN4OS. The van der Waals surface area contributed by atoms with Crippen molar-refractivity contribution in [2.24, 2.45) is 10.1 Å². The molecule has 0 bridgehead atoms. The zero-order chi connectivity index (χ0) is 23.7. The van der Waals surface area contributed by atoms with Crippen molar-refractivity contribution in [2.75, 3.05) is 19.0 Å². The minimum Gasteiger partial charge on any atom is -0.378 e. The summed E-state index contributed by atoms with van der Waals surface area (Å²) >= 11 is 7.17. The molecular weight excluding hydrogens is 464 g/mol. The van der Waals surface area contributed by atoms with Crippen molar-refractivity contribution < 1.29 is 4.79 Å². The first-order valence-electron chi connectivity index (χ1n) is 11.0. The van der Waals surface area contributed by atoms with Gasteiger partial charge in [0, 0.05) is 31.2 Å². The van der Waals surface area contributed by atoms with Gasteiger partial charge in [-0.2, -0.15) is 10.1 Å². The molecule has 5 nitrogen and oxygen atoms in total. The Hall–Kier alpha value is -3.35. The smallest absolute Gasteiger partial charge is 0.311 e. The molecule has 2 aliphatic rings. The zero-order valence-corrected chi connectivity index (χ0v) is 20.4. The van der Waals surface area contributed by atoms with Gasteiger partial charge in [-0.05, 0) is 58.8 Å². The van der Waals surface area contributed by atoms with Crippen LogP contribution in [0.5, 0.6) is 0 Å². The number of thioether (sulfide) groups is 1. The number of anilines is 1. The van der Waals surface area contributed by atoms with Crippen LogP contribution in [0.4, 0.5) is 10.5 Å². The number of nitrogens with zero attached hydrogens (tertiary/aromatic N) is 4. The van der Waals surface area contributed by atoms with Gasteiger partial charge < -0.3 is 4.90 Å². The Bertz CT molecular complexity index is 1300. The van der Waals surface area contributed by atoms with Gasteiger partial charge in [-0.15, -0.1) is 0 Å². The number of amides is 1. The molecule has 170 valence electrons. The summed E-state index contributed by atoms with van der Waals surface area (Å²) in [6.45, 7) is 0. The lowest BCUT2D eigenvalue weighted by Crippen LogP contribution is -2.26. The Kier molecular flexibility index (Phi) is 6.26. The van der Waals surface area contributed by atoms with Gasteiger partial charge in [0.1, 0.15) is 0 Å². The number of benzene rings is 3. The lowest BCUT2D eigenvalue weighted by atomic mass is 9.98. The van der Waals surface area contributed by atoms with Crippen LogP contribution in [0.25, 0.3) is 6.08 Å². The van der Waals surface area contributed by atoms with Crippen LogP contribution in [0.15, 0.2) is 93.9 Å². The van der Waals surface area contributed by atoms with Crippen LogP contribution >= 0.6 is 23.4 Å². The van der Waals surface area contributed by atoms with Gasteiger partial charge in [-0.25, -0.2) is 5.01 Å². The molecule has 1 atom stereocenters. The van der Waals surface area contributed by atoms with E-state index in [4.69, 9.17) is 16.7 Å². The van der Waals surface area contributed by atoms with Crippen LogP contribution in [0.2, 0.25) is 5.02 Å². The maximum Gasteiger partial charge on any atom is 0.311 e. The maximum atomic E-state index is 12.4. The summed E-state index contributed by atoms with van der Waals surface area (Å²) in [5.74, 6) is 0.581. The Morgan fingerprint density at radius 2 is 1.71 bits per heavy atom. The molecule has 2 heterocycles. The van der Waals surface area contributed by atoms with Crippen molar-refractivity contribution in [3.63, 3.8) is 0 Å². The second-order valence-electron chi connectivity index (χ2n) is 8.33. The summed E-state index contributed by atoms with van der Waals surface area (Å²) in [5.41, 5.74) is 5.25. The molecule has 0 saturated heterocycles. The van der Waals surface area contributed by atoms with E-state index in [9.17, 15) is 4.79 Å². The van der Waals surface area contributed by atoms with Gasteiger partial charge in [0.2, 0.25) is 0 Å². The van der Waals surface area contributed by atoms with Gasteiger partial charge in [0.15, 0.2) is 5.84 Å². The maximum absolute atomic E-state index is 12.4. The minimum atomic E-state index is -0.236. The molecule has 0 fully saturated rings. The molecule has 0 aliphatic carbocycles. The molecule has 0 saturated carbocycles. The predicted molar refractivity (Wildman–Crippen MR) is 143 cm³/mol. The van der Waals surface area contributed by atoms with Crippen molar-refractivity contribution in [3.8, 4) is 0 Å². The van der Waals surface area contributed by atoms with E-state index in [0.29, 0.717) is 10.9 Å². The Balaban J connectivity index is 1.55. The third-order valence-corrected chi connectivity index (χ3v) is 6.85. The average molecular weight is 487 g/mol. The van der Waals surface area contributed by atoms with Crippen LogP contribution in [0, 0.1) is 0 Å². The number of carbonyl (C=O) groups is 1. The van der Waals surface area contributed by atoms with E-state index in [-0.39, 0.29) is 11.3 Å². The molecule has 1 unspecified atom stereocenters. The first-order chi connectivity index (χ1) is 16.5. The Labute approximate surface area is 208 Å². The summed E-state index contributed by atoms with van der Waals surface area (Å²) in [7, 11) is 4.05. The second-order valence-corrected chi connectivity index (χ2v) is 9.76. The highest BCUT2D eigenvalue weighted by Gasteiger charge is 2.36. The molecule has 0 spiro atoms. The van der Waals surface area contributed by atoms with Crippen molar-refractivity contribution in [1.82, 2.24) is 5.01 Å². The van der Waals surface area contributed by atoms with E-state index in [1.807, 2.05) is 67.6 Å². The summed E-state index contributed by atoms with van der Waals surface area (Å²) in [6, 6.07) is 26.1. The topological polar surface area (TPSA) is 48.3 Å². The van der Waals surface area contributed by atoms with E-state index < -0.39 is 0 Å². The summed E-state index contributed by atoms with van der Waals surface area (Å²) in [5, 5.41) is 7.32. The van der Waals surface area contributed by atoms with E-state index in [1.54, 1.807) is 0 Å². The Morgan fingerprint density at radius 3 is 2.38 bits per heavy atom. The van der Waals surface area contributed by atoms with Crippen molar-refractivity contribution in [3.05, 3.63) is 105 Å². The number of aliphatic imine (C=N–C) groups is 1. The molecule has 0 radical (unpaired) electrons. The molecule has 3 aromatic rings. The van der Waals surface area contributed by atoms with Crippen LogP contribution in [0.1, 0.15) is 29.2 Å². The lowest BCUT2D eigenvalue weighted by Gasteiger charge is -2.24. The second kappa shape index (κ2) is 9.49. The Morgan fingerprint density at radius 1 is 1.00 bits per heavy atom. The summed E-state index contributed by atoms with van der Waals surface area (Å²) in [4.78, 5) is 19.6. The van der Waals surface area contributed by atoms with Crippen molar-refractivity contribution >= 4 is 51.9 Å². The summed E-state index contributed by atoms with van der Waals surface area (Å²) < 4.78 is 0. The first-order valence-corrected chi connectivity index (χ1v) is 12.1. The molecule has 2 aliphatic heterocycles. The largest absolute Gasteiger partial charge is 0.378 e. The van der Waals surface area contributed by atoms with Gasteiger partial charge in [0.25, 0.3) is 0 Å². The number of amidine groups is 1. The molecule has 3 aromatic carbocycles. The minimum absolute atomic E-state index is 0.0645. The van der Waals surface area contributed by atoms with Crippen LogP contribution in [-0.4, -0.2) is 35.9 Å². The lowest BCUT2D eigenvalue weighted by molar-refractivity contribution is 0.267. The molecule has 7 heteroatoms. The SMILES string of the molecule is CN(C)c1ccc(C2CC(c3ccccc3)=NN2C2=NC(=O)S/C2=C\c2ccc(Cl)cc2)cc1. The average Bonchev–Trinajstić information content (AvgIpc) is 3.44. The number of hydrazone groups is 1. The first kappa shape index (κ1) is 22.4. The number of hydrogen-bond donors (Lipinski definition) is 0. The fraction of sp³-hybridized carbons (Fsp3) is 0.148. The highest BCUT2D eigenvalue weighted by atomic mass is 35.5. The fourth-order valence-electron chi connectivity index (χ4n) is 4.04. The normalized spacial score (nSPS) is 18.9.